The van der Waals surface area contributed by atoms with Crippen molar-refractivity contribution >= 4 is 45.6 Å². The van der Waals surface area contributed by atoms with Gasteiger partial charge in [0.2, 0.25) is 0 Å². The number of pyridine rings is 1. The Morgan fingerprint density at radius 2 is 1.84 bits per heavy atom. The van der Waals surface area contributed by atoms with E-state index in [4.69, 9.17) is 37.9 Å². The number of halogens is 3. The van der Waals surface area contributed by atoms with Crippen LogP contribution in [0, 0.1) is 12.7 Å². The third-order valence-electron chi connectivity index (χ3n) is 6.70. The van der Waals surface area contributed by atoms with E-state index >= 15 is 0 Å². The lowest BCUT2D eigenvalue weighted by molar-refractivity contribution is 0.0864. The quantitative estimate of drug-likeness (QED) is 0.243. The fourth-order valence-electron chi connectivity index (χ4n) is 4.75. The first-order chi connectivity index (χ1) is 18.5. The zero-order valence-corrected chi connectivity index (χ0v) is 22.1. The van der Waals surface area contributed by atoms with Crippen LogP contribution in [0.3, 0.4) is 0 Å². The summed E-state index contributed by atoms with van der Waals surface area (Å²) in [6.45, 7) is 3.33. The van der Waals surface area contributed by atoms with Crippen molar-refractivity contribution in [2.45, 2.75) is 25.8 Å². The van der Waals surface area contributed by atoms with Gasteiger partial charge in [0.15, 0.2) is 0 Å². The van der Waals surface area contributed by atoms with Gasteiger partial charge < -0.3 is 14.6 Å². The minimum atomic E-state index is -0.361. The average Bonchev–Trinajstić information content (AvgIpc) is 2.91. The van der Waals surface area contributed by atoms with E-state index in [0.717, 1.165) is 52.2 Å². The smallest absolute Gasteiger partial charge is 0.125 e. The molecular weight excluding hydrogens is 524 g/mol. The zero-order valence-electron chi connectivity index (χ0n) is 20.6. The van der Waals surface area contributed by atoms with Crippen molar-refractivity contribution in [2.75, 3.05) is 18.5 Å². The van der Waals surface area contributed by atoms with Gasteiger partial charge in [-0.1, -0.05) is 23.2 Å². The van der Waals surface area contributed by atoms with Crippen LogP contribution in [0.25, 0.3) is 28.1 Å². The van der Waals surface area contributed by atoms with E-state index in [1.54, 1.807) is 24.4 Å². The molecule has 1 N–H and O–H groups in total. The second kappa shape index (κ2) is 10.3. The molecule has 0 atom stereocenters. The predicted molar refractivity (Wildman–Crippen MR) is 149 cm³/mol. The van der Waals surface area contributed by atoms with E-state index in [1.165, 1.54) is 12.1 Å². The first-order valence-electron chi connectivity index (χ1n) is 12.4. The number of rotatable bonds is 4. The first kappa shape index (κ1) is 24.8. The second-order valence-electron chi connectivity index (χ2n) is 9.27. The summed E-state index contributed by atoms with van der Waals surface area (Å²) in [5, 5.41) is 5.19. The molecule has 38 heavy (non-hydrogen) atoms. The highest BCUT2D eigenvalue weighted by Crippen LogP contribution is 2.33. The minimum absolute atomic E-state index is 0.137. The lowest BCUT2D eigenvalue weighted by Crippen LogP contribution is -2.23. The molecule has 2 aromatic carbocycles. The van der Waals surface area contributed by atoms with Gasteiger partial charge in [-0.05, 0) is 74.4 Å². The van der Waals surface area contributed by atoms with Crippen LogP contribution in [0.1, 0.15) is 18.5 Å². The minimum Gasteiger partial charge on any atom is -0.381 e. The van der Waals surface area contributed by atoms with Crippen molar-refractivity contribution < 1.29 is 9.13 Å². The molecule has 0 unspecified atom stereocenters. The van der Waals surface area contributed by atoms with Gasteiger partial charge in [-0.2, -0.15) is 0 Å². The Bertz CT molecular complexity index is 1700. The number of aryl methyl sites for hydroxylation is 1. The predicted octanol–water partition coefficient (Wildman–Crippen LogP) is 7.10. The van der Waals surface area contributed by atoms with Gasteiger partial charge >= 0.3 is 0 Å². The molecule has 0 saturated carbocycles. The van der Waals surface area contributed by atoms with Crippen LogP contribution in [-0.4, -0.2) is 33.8 Å². The molecule has 0 spiro atoms. The maximum Gasteiger partial charge on any atom is 0.125 e. The van der Waals surface area contributed by atoms with E-state index in [0.29, 0.717) is 34.5 Å². The molecule has 3 aliphatic rings. The lowest BCUT2D eigenvalue weighted by Gasteiger charge is -2.22. The van der Waals surface area contributed by atoms with Gasteiger partial charge in [0.25, 0.3) is 0 Å². The summed E-state index contributed by atoms with van der Waals surface area (Å²) in [5.74, 6) is -0.361. The lowest BCUT2D eigenvalue weighted by atomic mass is 10.1. The highest BCUT2D eigenvalue weighted by molar-refractivity contribution is 6.42. The van der Waals surface area contributed by atoms with Crippen LogP contribution < -0.4 is 10.7 Å². The summed E-state index contributed by atoms with van der Waals surface area (Å²) >= 11 is 12.6. The summed E-state index contributed by atoms with van der Waals surface area (Å²) in [5.41, 5.74) is 6.04. The molecular formula is C29H24Cl2FN5O. The van der Waals surface area contributed by atoms with E-state index < -0.39 is 0 Å². The van der Waals surface area contributed by atoms with Crippen molar-refractivity contribution in [1.82, 2.24) is 14.5 Å². The Morgan fingerprint density at radius 3 is 2.63 bits per heavy atom. The van der Waals surface area contributed by atoms with Gasteiger partial charge in [-0.15, -0.1) is 0 Å². The molecule has 6 rings (SSSR count). The second-order valence-corrected chi connectivity index (χ2v) is 10.1. The topological polar surface area (TPSA) is 64.3 Å². The van der Waals surface area contributed by atoms with Crippen molar-refractivity contribution in [3.8, 4) is 17.1 Å². The number of ether oxygens (including phenoxy) is 1. The molecule has 3 heterocycles. The van der Waals surface area contributed by atoms with E-state index in [9.17, 15) is 4.39 Å². The summed E-state index contributed by atoms with van der Waals surface area (Å²) in [6.07, 6.45) is 3.47. The third kappa shape index (κ3) is 4.85. The van der Waals surface area contributed by atoms with Gasteiger partial charge in [0.1, 0.15) is 5.82 Å². The number of hydrogen-bond acceptors (Lipinski definition) is 5. The highest BCUT2D eigenvalue weighted by Gasteiger charge is 2.19. The molecule has 3 aromatic rings. The monoisotopic (exact) mass is 547 g/mol. The average molecular weight is 548 g/mol. The van der Waals surface area contributed by atoms with Crippen molar-refractivity contribution in [3.63, 3.8) is 0 Å². The Balaban J connectivity index is 1.65. The normalized spacial score (nSPS) is 14.9. The first-order valence-corrected chi connectivity index (χ1v) is 13.1. The number of fused-ring (bicyclic) bond motifs is 2. The van der Waals surface area contributed by atoms with Crippen molar-refractivity contribution in [1.29, 1.82) is 0 Å². The highest BCUT2D eigenvalue weighted by atomic mass is 35.5. The molecule has 0 radical (unpaired) electrons. The maximum absolute atomic E-state index is 14.3. The maximum atomic E-state index is 14.3. The fraction of sp³-hybridized carbons (Fsp3) is 0.207. The van der Waals surface area contributed by atoms with Gasteiger partial charge in [0, 0.05) is 31.2 Å². The Hall–Kier alpha value is -3.52. The van der Waals surface area contributed by atoms with Crippen LogP contribution in [0.15, 0.2) is 71.9 Å². The molecule has 1 fully saturated rings. The van der Waals surface area contributed by atoms with Crippen LogP contribution in [0.4, 0.5) is 15.8 Å². The molecule has 1 saturated heterocycles. The molecule has 9 heteroatoms. The number of nitrogens with one attached hydrogen (secondary N) is 1. The Kier molecular flexibility index (Phi) is 6.74. The number of aromatic nitrogens is 3. The third-order valence-corrected chi connectivity index (χ3v) is 7.44. The summed E-state index contributed by atoms with van der Waals surface area (Å²) in [7, 11) is 0. The Labute approximate surface area is 229 Å². The van der Waals surface area contributed by atoms with E-state index in [1.807, 2.05) is 41.8 Å². The van der Waals surface area contributed by atoms with Gasteiger partial charge in [-0.3, -0.25) is 9.98 Å². The molecule has 0 bridgehead atoms. The van der Waals surface area contributed by atoms with Crippen molar-refractivity contribution in [2.24, 2.45) is 4.99 Å². The number of hydrogen-bond donors (Lipinski definition) is 1. The molecule has 192 valence electrons. The summed E-state index contributed by atoms with van der Waals surface area (Å²) < 4.78 is 21.9. The fourth-order valence-corrected chi connectivity index (χ4v) is 5.04. The van der Waals surface area contributed by atoms with Crippen LogP contribution >= 0.6 is 23.2 Å². The number of benzene rings is 3. The van der Waals surface area contributed by atoms with E-state index in [-0.39, 0.29) is 11.9 Å². The largest absolute Gasteiger partial charge is 0.381 e. The SMILES string of the molecule is Cc1ncccc1Nc1cc2nc3cc(F)ccc3n(-c3ccc(Cl)c(Cl)c3)c-2cc1=NC1CCOCC1. The molecule has 6 nitrogen and oxygen atoms in total. The zero-order chi connectivity index (χ0) is 26.2. The van der Waals surface area contributed by atoms with Gasteiger partial charge in [-0.25, -0.2) is 9.37 Å². The van der Waals surface area contributed by atoms with E-state index in [2.05, 4.69) is 10.3 Å². The Morgan fingerprint density at radius 1 is 1.00 bits per heavy atom. The van der Waals surface area contributed by atoms with Crippen LogP contribution in [-0.2, 0) is 4.74 Å². The molecule has 1 aromatic heterocycles. The van der Waals surface area contributed by atoms with Crippen LogP contribution in [0.5, 0.6) is 0 Å². The number of anilines is 2. The molecule has 2 aliphatic heterocycles. The number of nitrogens with zero attached hydrogens (tertiary/aromatic N) is 4. The summed E-state index contributed by atoms with van der Waals surface area (Å²) in [4.78, 5) is 14.4. The van der Waals surface area contributed by atoms with Crippen molar-refractivity contribution in [3.05, 3.63) is 93.8 Å². The summed E-state index contributed by atoms with van der Waals surface area (Å²) in [6, 6.07) is 18.0. The van der Waals surface area contributed by atoms with Crippen LogP contribution in [0.2, 0.25) is 10.0 Å². The molecule has 1 aliphatic carbocycles. The standard InChI is InChI=1S/C29H24Cl2FN5O/c1-17-23(3-2-10-33-17)35-24-15-27-29(16-25(24)34-19-8-11-38-12-9-19)37(20-5-6-21(30)22(31)14-20)28-7-4-18(32)13-26(28)36-27/h2-7,10,13-16,19,35H,8-9,11-12H2,1H3. The molecule has 0 amide bonds. The van der Waals surface area contributed by atoms with Gasteiger partial charge in [0.05, 0.1) is 60.9 Å².